The Balaban J connectivity index is 2.49. The first-order valence-electron chi connectivity index (χ1n) is 5.90. The molecule has 1 aromatic carbocycles. The maximum atomic E-state index is 11.7. The SMILES string of the molecule is Cc1nc(=O)c2ccccc2n1CCCCN. The van der Waals surface area contributed by atoms with Gasteiger partial charge in [0.1, 0.15) is 5.82 Å². The minimum atomic E-state index is -0.145. The minimum absolute atomic E-state index is 0.145. The Labute approximate surface area is 100 Å². The molecular formula is C13H17N3O. The molecule has 17 heavy (non-hydrogen) atoms. The van der Waals surface area contributed by atoms with E-state index in [1.807, 2.05) is 31.2 Å². The van der Waals surface area contributed by atoms with Crippen molar-refractivity contribution in [1.29, 1.82) is 0 Å². The van der Waals surface area contributed by atoms with E-state index in [9.17, 15) is 4.79 Å². The Kier molecular flexibility index (Phi) is 3.54. The van der Waals surface area contributed by atoms with Crippen LogP contribution in [0.25, 0.3) is 10.9 Å². The van der Waals surface area contributed by atoms with Crippen molar-refractivity contribution in [3.8, 4) is 0 Å². The van der Waals surface area contributed by atoms with Gasteiger partial charge in [-0.15, -0.1) is 0 Å². The number of aromatic nitrogens is 2. The average Bonchev–Trinajstić information content (AvgIpc) is 2.33. The minimum Gasteiger partial charge on any atom is -0.330 e. The second kappa shape index (κ2) is 5.10. The summed E-state index contributed by atoms with van der Waals surface area (Å²) in [5.74, 6) is 0.769. The van der Waals surface area contributed by atoms with Crippen molar-refractivity contribution in [2.24, 2.45) is 5.73 Å². The summed E-state index contributed by atoms with van der Waals surface area (Å²) in [7, 11) is 0. The molecule has 2 aromatic rings. The van der Waals surface area contributed by atoms with Crippen molar-refractivity contribution >= 4 is 10.9 Å². The smallest absolute Gasteiger partial charge is 0.280 e. The summed E-state index contributed by atoms with van der Waals surface area (Å²) in [6.07, 6.45) is 1.99. The van der Waals surface area contributed by atoms with Gasteiger partial charge in [-0.25, -0.2) is 0 Å². The zero-order valence-electron chi connectivity index (χ0n) is 10.0. The molecule has 2 rings (SSSR count). The van der Waals surface area contributed by atoms with Gasteiger partial charge < -0.3 is 10.3 Å². The summed E-state index contributed by atoms with van der Waals surface area (Å²) in [5, 5.41) is 0.686. The molecule has 4 heteroatoms. The van der Waals surface area contributed by atoms with E-state index in [0.717, 1.165) is 30.7 Å². The number of hydrogen-bond donors (Lipinski definition) is 1. The Bertz CT molecular complexity index is 574. The molecule has 90 valence electrons. The van der Waals surface area contributed by atoms with Gasteiger partial charge >= 0.3 is 0 Å². The number of rotatable bonds is 4. The third-order valence-electron chi connectivity index (χ3n) is 2.92. The lowest BCUT2D eigenvalue weighted by Gasteiger charge is -2.12. The van der Waals surface area contributed by atoms with Crippen LogP contribution in [-0.4, -0.2) is 16.1 Å². The summed E-state index contributed by atoms with van der Waals surface area (Å²) >= 11 is 0. The highest BCUT2D eigenvalue weighted by Crippen LogP contribution is 2.11. The van der Waals surface area contributed by atoms with Gasteiger partial charge in [-0.3, -0.25) is 4.79 Å². The molecule has 0 spiro atoms. The number of fused-ring (bicyclic) bond motifs is 1. The average molecular weight is 231 g/mol. The molecule has 1 aromatic heterocycles. The molecule has 0 radical (unpaired) electrons. The van der Waals surface area contributed by atoms with Crippen LogP contribution in [0, 0.1) is 6.92 Å². The second-order valence-corrected chi connectivity index (χ2v) is 4.13. The van der Waals surface area contributed by atoms with E-state index in [4.69, 9.17) is 5.73 Å². The van der Waals surface area contributed by atoms with E-state index in [1.54, 1.807) is 0 Å². The number of unbranched alkanes of at least 4 members (excludes halogenated alkanes) is 1. The van der Waals surface area contributed by atoms with Crippen LogP contribution in [0.3, 0.4) is 0 Å². The molecule has 1 heterocycles. The number of hydrogen-bond acceptors (Lipinski definition) is 3. The van der Waals surface area contributed by atoms with E-state index >= 15 is 0 Å². The molecule has 0 bridgehead atoms. The lowest BCUT2D eigenvalue weighted by atomic mass is 10.2. The monoisotopic (exact) mass is 231 g/mol. The molecule has 0 saturated heterocycles. The van der Waals surface area contributed by atoms with Gasteiger partial charge in [0.2, 0.25) is 0 Å². The topological polar surface area (TPSA) is 60.9 Å². The third-order valence-corrected chi connectivity index (χ3v) is 2.92. The first kappa shape index (κ1) is 11.8. The zero-order chi connectivity index (χ0) is 12.3. The van der Waals surface area contributed by atoms with Gasteiger partial charge in [-0.1, -0.05) is 12.1 Å². The molecule has 0 aliphatic carbocycles. The summed E-state index contributed by atoms with van der Waals surface area (Å²) in [4.78, 5) is 15.8. The quantitative estimate of drug-likeness (QED) is 0.810. The fourth-order valence-corrected chi connectivity index (χ4v) is 2.03. The molecule has 2 N–H and O–H groups in total. The standard InChI is InChI=1S/C13H17N3O/c1-10-15-13(17)11-6-2-3-7-12(11)16(10)9-5-4-8-14/h2-3,6-7H,4-5,8-9,14H2,1H3. The maximum absolute atomic E-state index is 11.7. The number of benzene rings is 1. The number of aryl methyl sites for hydroxylation is 2. The normalized spacial score (nSPS) is 10.9. The highest BCUT2D eigenvalue weighted by Gasteiger charge is 2.06. The van der Waals surface area contributed by atoms with Crippen LogP contribution in [0.4, 0.5) is 0 Å². The summed E-state index contributed by atoms with van der Waals surface area (Å²) in [5.41, 5.74) is 6.31. The van der Waals surface area contributed by atoms with Crippen molar-refractivity contribution in [3.63, 3.8) is 0 Å². The van der Waals surface area contributed by atoms with Crippen molar-refractivity contribution < 1.29 is 0 Å². The molecule has 0 aliphatic rings. The van der Waals surface area contributed by atoms with Crippen LogP contribution in [0.5, 0.6) is 0 Å². The van der Waals surface area contributed by atoms with Gasteiger partial charge in [0.25, 0.3) is 5.56 Å². The largest absolute Gasteiger partial charge is 0.330 e. The maximum Gasteiger partial charge on any atom is 0.280 e. The van der Waals surface area contributed by atoms with E-state index in [0.29, 0.717) is 11.9 Å². The first-order chi connectivity index (χ1) is 8.24. The Morgan fingerprint density at radius 3 is 2.82 bits per heavy atom. The van der Waals surface area contributed by atoms with E-state index in [2.05, 4.69) is 9.55 Å². The molecule has 0 aliphatic heterocycles. The van der Waals surface area contributed by atoms with Gasteiger partial charge in [-0.05, 0) is 38.4 Å². The van der Waals surface area contributed by atoms with Gasteiger partial charge in [0, 0.05) is 6.54 Å². The molecule has 0 saturated carbocycles. The Morgan fingerprint density at radius 1 is 1.29 bits per heavy atom. The zero-order valence-corrected chi connectivity index (χ0v) is 10.0. The predicted octanol–water partition coefficient (Wildman–Crippen LogP) is 1.44. The Morgan fingerprint density at radius 2 is 2.06 bits per heavy atom. The van der Waals surface area contributed by atoms with Crippen molar-refractivity contribution in [1.82, 2.24) is 9.55 Å². The number of nitrogens with two attached hydrogens (primary N) is 1. The molecule has 0 unspecified atom stereocenters. The van der Waals surface area contributed by atoms with E-state index < -0.39 is 0 Å². The summed E-state index contributed by atoms with van der Waals surface area (Å²) in [6, 6.07) is 7.60. The predicted molar refractivity (Wildman–Crippen MR) is 69.0 cm³/mol. The van der Waals surface area contributed by atoms with Gasteiger partial charge in [0.15, 0.2) is 0 Å². The van der Waals surface area contributed by atoms with E-state index in [-0.39, 0.29) is 5.56 Å². The third kappa shape index (κ3) is 2.36. The van der Waals surface area contributed by atoms with Crippen LogP contribution in [0.1, 0.15) is 18.7 Å². The van der Waals surface area contributed by atoms with Crippen LogP contribution in [-0.2, 0) is 6.54 Å². The fourth-order valence-electron chi connectivity index (χ4n) is 2.03. The lowest BCUT2D eigenvalue weighted by molar-refractivity contribution is 0.604. The summed E-state index contributed by atoms with van der Waals surface area (Å²) in [6.45, 7) is 3.43. The van der Waals surface area contributed by atoms with Gasteiger partial charge in [0.05, 0.1) is 10.9 Å². The Hall–Kier alpha value is -1.68. The van der Waals surface area contributed by atoms with Crippen LogP contribution in [0.15, 0.2) is 29.1 Å². The molecule has 0 fully saturated rings. The van der Waals surface area contributed by atoms with Gasteiger partial charge in [-0.2, -0.15) is 4.98 Å². The summed E-state index contributed by atoms with van der Waals surface area (Å²) < 4.78 is 2.09. The van der Waals surface area contributed by atoms with Crippen molar-refractivity contribution in [2.75, 3.05) is 6.54 Å². The highest BCUT2D eigenvalue weighted by atomic mass is 16.1. The van der Waals surface area contributed by atoms with Crippen LogP contribution in [0.2, 0.25) is 0 Å². The number of nitrogens with zero attached hydrogens (tertiary/aromatic N) is 2. The van der Waals surface area contributed by atoms with Crippen molar-refractivity contribution in [2.45, 2.75) is 26.3 Å². The lowest BCUT2D eigenvalue weighted by Crippen LogP contribution is -2.17. The van der Waals surface area contributed by atoms with E-state index in [1.165, 1.54) is 0 Å². The number of para-hydroxylation sites is 1. The fraction of sp³-hybridized carbons (Fsp3) is 0.385. The molecule has 0 atom stereocenters. The van der Waals surface area contributed by atoms with Crippen LogP contribution < -0.4 is 11.3 Å². The molecule has 4 nitrogen and oxygen atoms in total. The molecular weight excluding hydrogens is 214 g/mol. The second-order valence-electron chi connectivity index (χ2n) is 4.13. The highest BCUT2D eigenvalue weighted by molar-refractivity contribution is 5.78. The van der Waals surface area contributed by atoms with Crippen molar-refractivity contribution in [3.05, 3.63) is 40.4 Å². The van der Waals surface area contributed by atoms with Crippen LogP contribution >= 0.6 is 0 Å². The molecule has 0 amide bonds. The first-order valence-corrected chi connectivity index (χ1v) is 5.90.